The average molecular weight is 309 g/mol. The number of sulfonamides is 1. The molecule has 0 saturated heterocycles. The summed E-state index contributed by atoms with van der Waals surface area (Å²) < 4.78 is 27.5. The van der Waals surface area contributed by atoms with Crippen LogP contribution in [-0.2, 0) is 10.0 Å². The molecule has 1 atom stereocenters. The largest absolute Gasteiger partial charge is 0.351 e. The minimum atomic E-state index is -3.78. The van der Waals surface area contributed by atoms with Crippen LogP contribution in [0.15, 0.2) is 39.9 Å². The fraction of sp³-hybridized carbons (Fsp3) is 0.231. The Morgan fingerprint density at radius 2 is 2.14 bits per heavy atom. The Bertz CT molecular complexity index is 767. The molecule has 7 nitrogen and oxygen atoms in total. The number of carbonyl (C=O) groups excluding carboxylic acids is 1. The highest BCUT2D eigenvalue weighted by molar-refractivity contribution is 7.89. The second kappa shape index (κ2) is 5.66. The van der Waals surface area contributed by atoms with E-state index in [0.29, 0.717) is 11.1 Å². The van der Waals surface area contributed by atoms with Gasteiger partial charge in [-0.2, -0.15) is 0 Å². The molecule has 112 valence electrons. The molecule has 0 bridgehead atoms. The SMILES string of the molecule is Cc1cnoc1C(=O)NC(C)c1cccc(S(N)(=O)=O)c1. The minimum absolute atomic E-state index is 0.00283. The van der Waals surface area contributed by atoms with Gasteiger partial charge in [0, 0.05) is 5.56 Å². The number of benzene rings is 1. The first-order chi connectivity index (χ1) is 9.79. The summed E-state index contributed by atoms with van der Waals surface area (Å²) in [5.74, 6) is -0.289. The van der Waals surface area contributed by atoms with E-state index in [4.69, 9.17) is 9.66 Å². The van der Waals surface area contributed by atoms with Crippen LogP contribution in [0, 0.1) is 6.92 Å². The number of rotatable bonds is 4. The fourth-order valence-electron chi connectivity index (χ4n) is 1.82. The second-order valence-electron chi connectivity index (χ2n) is 4.65. The zero-order valence-corrected chi connectivity index (χ0v) is 12.3. The number of nitrogens with two attached hydrogens (primary N) is 1. The summed E-state index contributed by atoms with van der Waals surface area (Å²) in [7, 11) is -3.78. The Morgan fingerprint density at radius 3 is 2.71 bits per heavy atom. The lowest BCUT2D eigenvalue weighted by atomic mass is 10.1. The highest BCUT2D eigenvalue weighted by Crippen LogP contribution is 2.17. The van der Waals surface area contributed by atoms with Gasteiger partial charge in [-0.3, -0.25) is 4.79 Å². The lowest BCUT2D eigenvalue weighted by Crippen LogP contribution is -2.27. The van der Waals surface area contributed by atoms with Gasteiger partial charge in [0.15, 0.2) is 0 Å². The summed E-state index contributed by atoms with van der Waals surface area (Å²) in [4.78, 5) is 12.0. The van der Waals surface area contributed by atoms with Crippen LogP contribution < -0.4 is 10.5 Å². The van der Waals surface area contributed by atoms with E-state index in [1.54, 1.807) is 26.0 Å². The number of nitrogens with one attached hydrogen (secondary N) is 1. The average Bonchev–Trinajstić information content (AvgIpc) is 2.84. The Hall–Kier alpha value is -2.19. The first kappa shape index (κ1) is 15.2. The molecule has 1 heterocycles. The summed E-state index contributed by atoms with van der Waals surface area (Å²) in [6, 6.07) is 5.68. The van der Waals surface area contributed by atoms with Crippen molar-refractivity contribution in [3.05, 3.63) is 47.3 Å². The second-order valence-corrected chi connectivity index (χ2v) is 6.21. The van der Waals surface area contributed by atoms with E-state index in [1.165, 1.54) is 18.3 Å². The predicted octanol–water partition coefficient (Wildman–Crippen LogP) is 1.12. The molecule has 1 amide bonds. The molecule has 1 aromatic carbocycles. The fourth-order valence-corrected chi connectivity index (χ4v) is 2.38. The highest BCUT2D eigenvalue weighted by Gasteiger charge is 2.18. The molecule has 2 rings (SSSR count). The third kappa shape index (κ3) is 3.47. The summed E-state index contributed by atoms with van der Waals surface area (Å²) in [5.41, 5.74) is 1.24. The number of aryl methyl sites for hydroxylation is 1. The molecular weight excluding hydrogens is 294 g/mol. The Balaban J connectivity index is 2.19. The molecule has 0 saturated carbocycles. The predicted molar refractivity (Wildman–Crippen MR) is 74.9 cm³/mol. The van der Waals surface area contributed by atoms with Crippen LogP contribution in [0.5, 0.6) is 0 Å². The van der Waals surface area contributed by atoms with Gasteiger partial charge in [0.05, 0.1) is 17.1 Å². The zero-order valence-electron chi connectivity index (χ0n) is 11.5. The van der Waals surface area contributed by atoms with Crippen LogP contribution in [-0.4, -0.2) is 19.5 Å². The van der Waals surface area contributed by atoms with Gasteiger partial charge >= 0.3 is 0 Å². The molecule has 0 radical (unpaired) electrons. The van der Waals surface area contributed by atoms with Crippen molar-refractivity contribution >= 4 is 15.9 Å². The maximum absolute atomic E-state index is 12.0. The van der Waals surface area contributed by atoms with Crippen molar-refractivity contribution in [2.75, 3.05) is 0 Å². The van der Waals surface area contributed by atoms with Crippen molar-refractivity contribution in [3.8, 4) is 0 Å². The van der Waals surface area contributed by atoms with Crippen molar-refractivity contribution in [2.24, 2.45) is 5.14 Å². The number of amides is 1. The molecule has 0 aliphatic heterocycles. The molecule has 0 fully saturated rings. The molecule has 1 aromatic heterocycles. The molecule has 2 aromatic rings. The standard InChI is InChI=1S/C13H15N3O4S/c1-8-7-15-20-12(8)13(17)16-9(2)10-4-3-5-11(6-10)21(14,18)19/h3-7,9H,1-2H3,(H,16,17)(H2,14,18,19). The number of aromatic nitrogens is 1. The smallest absolute Gasteiger partial charge is 0.290 e. The van der Waals surface area contributed by atoms with Gasteiger partial charge in [-0.1, -0.05) is 17.3 Å². The first-order valence-corrected chi connectivity index (χ1v) is 7.68. The van der Waals surface area contributed by atoms with Gasteiger partial charge in [-0.25, -0.2) is 13.6 Å². The maximum Gasteiger partial charge on any atom is 0.290 e. The van der Waals surface area contributed by atoms with Crippen LogP contribution in [0.1, 0.15) is 34.6 Å². The van der Waals surface area contributed by atoms with Crippen LogP contribution in [0.3, 0.4) is 0 Å². The normalized spacial score (nSPS) is 12.9. The van der Waals surface area contributed by atoms with Crippen LogP contribution >= 0.6 is 0 Å². The molecule has 0 aliphatic carbocycles. The molecule has 1 unspecified atom stereocenters. The van der Waals surface area contributed by atoms with Gasteiger partial charge < -0.3 is 9.84 Å². The van der Waals surface area contributed by atoms with E-state index in [2.05, 4.69) is 10.5 Å². The van der Waals surface area contributed by atoms with Crippen molar-refractivity contribution in [3.63, 3.8) is 0 Å². The summed E-state index contributed by atoms with van der Waals surface area (Å²) in [6.45, 7) is 3.43. The highest BCUT2D eigenvalue weighted by atomic mass is 32.2. The number of nitrogens with zero attached hydrogens (tertiary/aromatic N) is 1. The summed E-state index contributed by atoms with van der Waals surface area (Å²) >= 11 is 0. The number of hydrogen-bond donors (Lipinski definition) is 2. The van der Waals surface area contributed by atoms with Crippen molar-refractivity contribution in [1.82, 2.24) is 10.5 Å². The van der Waals surface area contributed by atoms with E-state index >= 15 is 0 Å². The van der Waals surface area contributed by atoms with Crippen molar-refractivity contribution in [2.45, 2.75) is 24.8 Å². The van der Waals surface area contributed by atoms with Crippen LogP contribution in [0.25, 0.3) is 0 Å². The van der Waals surface area contributed by atoms with Gasteiger partial charge in [-0.05, 0) is 31.5 Å². The van der Waals surface area contributed by atoms with Gasteiger partial charge in [0.1, 0.15) is 0 Å². The quantitative estimate of drug-likeness (QED) is 0.878. The third-order valence-corrected chi connectivity index (χ3v) is 3.90. The van der Waals surface area contributed by atoms with Gasteiger partial charge in [0.25, 0.3) is 5.91 Å². The zero-order chi connectivity index (χ0) is 15.6. The van der Waals surface area contributed by atoms with Gasteiger partial charge in [0.2, 0.25) is 15.8 Å². The summed E-state index contributed by atoms with van der Waals surface area (Å²) in [6.07, 6.45) is 1.45. The molecule has 3 N–H and O–H groups in total. The molecule has 0 spiro atoms. The van der Waals surface area contributed by atoms with E-state index in [9.17, 15) is 13.2 Å². The van der Waals surface area contributed by atoms with Crippen LogP contribution in [0.4, 0.5) is 0 Å². The van der Waals surface area contributed by atoms with Gasteiger partial charge in [-0.15, -0.1) is 0 Å². The molecule has 0 aliphatic rings. The number of carbonyl (C=O) groups is 1. The number of primary sulfonamides is 1. The van der Waals surface area contributed by atoms with E-state index in [0.717, 1.165) is 0 Å². The van der Waals surface area contributed by atoms with E-state index < -0.39 is 22.0 Å². The lowest BCUT2D eigenvalue weighted by molar-refractivity contribution is 0.0901. The minimum Gasteiger partial charge on any atom is -0.351 e. The number of hydrogen-bond acceptors (Lipinski definition) is 5. The van der Waals surface area contributed by atoms with E-state index in [-0.39, 0.29) is 10.7 Å². The molecule has 21 heavy (non-hydrogen) atoms. The van der Waals surface area contributed by atoms with Crippen molar-refractivity contribution in [1.29, 1.82) is 0 Å². The monoisotopic (exact) mass is 309 g/mol. The Labute approximate surface area is 122 Å². The van der Waals surface area contributed by atoms with Crippen LogP contribution in [0.2, 0.25) is 0 Å². The molecular formula is C13H15N3O4S. The molecule has 8 heteroatoms. The first-order valence-electron chi connectivity index (χ1n) is 6.14. The Kier molecular flexibility index (Phi) is 4.10. The van der Waals surface area contributed by atoms with Crippen molar-refractivity contribution < 1.29 is 17.7 Å². The Morgan fingerprint density at radius 1 is 1.43 bits per heavy atom. The van der Waals surface area contributed by atoms with E-state index in [1.807, 2.05) is 0 Å². The lowest BCUT2D eigenvalue weighted by Gasteiger charge is -2.14. The third-order valence-electron chi connectivity index (χ3n) is 2.99. The topological polar surface area (TPSA) is 115 Å². The summed E-state index contributed by atoms with van der Waals surface area (Å²) in [5, 5.41) is 11.3. The maximum atomic E-state index is 12.0.